The minimum atomic E-state index is -3.28. The summed E-state index contributed by atoms with van der Waals surface area (Å²) in [6, 6.07) is 5.68. The van der Waals surface area contributed by atoms with E-state index >= 15 is 0 Å². The molecule has 1 aromatic heterocycles. The molecule has 1 amide bonds. The lowest BCUT2D eigenvalue weighted by Gasteiger charge is -2.14. The summed E-state index contributed by atoms with van der Waals surface area (Å²) >= 11 is 0. The Bertz CT molecular complexity index is 847. The Labute approximate surface area is 134 Å². The molecule has 0 unspecified atom stereocenters. The summed E-state index contributed by atoms with van der Waals surface area (Å²) in [5, 5.41) is 3.22. The fourth-order valence-corrected chi connectivity index (χ4v) is 2.53. The number of nitrogens with one attached hydrogen (secondary N) is 1. The van der Waals surface area contributed by atoms with Gasteiger partial charge in [-0.3, -0.25) is 9.78 Å². The minimum Gasteiger partial charge on any atom is -0.351 e. The average Bonchev–Trinajstić information content (AvgIpc) is 2.44. The van der Waals surface area contributed by atoms with Gasteiger partial charge in [-0.1, -0.05) is 0 Å². The lowest BCUT2D eigenvalue weighted by atomic mass is 10.1. The quantitative estimate of drug-likeness (QED) is 0.891. The van der Waals surface area contributed by atoms with E-state index in [4.69, 9.17) is 0 Å². The Morgan fingerprint density at radius 1 is 1.35 bits per heavy atom. The molecule has 0 saturated heterocycles. The first-order chi connectivity index (χ1) is 10.7. The minimum absolute atomic E-state index is 0.168. The van der Waals surface area contributed by atoms with E-state index in [2.05, 4.69) is 10.3 Å². The number of likely N-dealkylation sites (N-methyl/N-ethyl adjacent to an activating group) is 1. The van der Waals surface area contributed by atoms with Crippen LogP contribution in [0.4, 0.5) is 4.39 Å². The highest BCUT2D eigenvalue weighted by molar-refractivity contribution is 7.88. The summed E-state index contributed by atoms with van der Waals surface area (Å²) in [6.45, 7) is 2.06. The maximum atomic E-state index is 13.3. The normalized spacial score (nSPS) is 11.9. The molecule has 0 aliphatic heterocycles. The molecule has 0 radical (unpaired) electrons. The van der Waals surface area contributed by atoms with E-state index in [9.17, 15) is 17.6 Å². The number of fused-ring (bicyclic) bond motifs is 1. The number of hydrogen-bond acceptors (Lipinski definition) is 4. The Balaban J connectivity index is 2.18. The molecule has 8 heteroatoms. The number of amides is 1. The van der Waals surface area contributed by atoms with Crippen LogP contribution in [0.5, 0.6) is 0 Å². The van der Waals surface area contributed by atoms with Crippen LogP contribution in [0.1, 0.15) is 16.1 Å². The molecular formula is C15H18FN3O3S. The second-order valence-corrected chi connectivity index (χ2v) is 7.40. The van der Waals surface area contributed by atoms with Crippen LogP contribution in [0.25, 0.3) is 10.9 Å². The molecule has 0 spiro atoms. The number of benzene rings is 1. The Morgan fingerprint density at radius 3 is 2.70 bits per heavy atom. The highest BCUT2D eigenvalue weighted by atomic mass is 32.2. The molecule has 0 aliphatic rings. The highest BCUT2D eigenvalue weighted by Crippen LogP contribution is 2.19. The van der Waals surface area contributed by atoms with Gasteiger partial charge in [0.1, 0.15) is 5.82 Å². The first-order valence-corrected chi connectivity index (χ1v) is 8.80. The molecule has 2 aromatic rings. The SMILES string of the molecule is Cc1cc(C(=O)NCCN(C)S(C)(=O)=O)c2ccc(F)cc2n1. The molecule has 0 aliphatic carbocycles. The van der Waals surface area contributed by atoms with Gasteiger partial charge in [0.25, 0.3) is 5.91 Å². The number of hydrogen-bond donors (Lipinski definition) is 1. The van der Waals surface area contributed by atoms with Crippen molar-refractivity contribution in [1.82, 2.24) is 14.6 Å². The number of rotatable bonds is 5. The topological polar surface area (TPSA) is 79.4 Å². The van der Waals surface area contributed by atoms with E-state index in [1.54, 1.807) is 13.0 Å². The van der Waals surface area contributed by atoms with Crippen LogP contribution in [0.2, 0.25) is 0 Å². The predicted octanol–water partition coefficient (Wildman–Crippen LogP) is 1.30. The van der Waals surface area contributed by atoms with Crippen molar-refractivity contribution in [2.75, 3.05) is 26.4 Å². The number of carbonyl (C=O) groups excluding carboxylic acids is 1. The van der Waals surface area contributed by atoms with E-state index in [-0.39, 0.29) is 19.0 Å². The Hall–Kier alpha value is -2.06. The zero-order valence-corrected chi connectivity index (χ0v) is 13.9. The van der Waals surface area contributed by atoms with Crippen molar-refractivity contribution in [3.8, 4) is 0 Å². The number of sulfonamides is 1. The van der Waals surface area contributed by atoms with Gasteiger partial charge in [-0.15, -0.1) is 0 Å². The molecule has 1 aromatic carbocycles. The maximum Gasteiger partial charge on any atom is 0.252 e. The fraction of sp³-hybridized carbons (Fsp3) is 0.333. The second-order valence-electron chi connectivity index (χ2n) is 5.31. The number of halogens is 1. The Kier molecular flexibility index (Phi) is 4.96. The predicted molar refractivity (Wildman–Crippen MR) is 86.2 cm³/mol. The number of nitrogens with zero attached hydrogens (tertiary/aromatic N) is 2. The standard InChI is InChI=1S/C15H18FN3O3S/c1-10-8-13(12-5-4-11(16)9-14(12)18-10)15(20)17-6-7-19(2)23(3,21)22/h4-5,8-9H,6-7H2,1-3H3,(H,17,20). The van der Waals surface area contributed by atoms with E-state index in [0.717, 1.165) is 10.6 Å². The lowest BCUT2D eigenvalue weighted by molar-refractivity contribution is 0.0953. The molecule has 1 heterocycles. The van der Waals surface area contributed by atoms with Gasteiger partial charge in [0.05, 0.1) is 17.3 Å². The molecule has 1 N–H and O–H groups in total. The van der Waals surface area contributed by atoms with E-state index in [0.29, 0.717) is 22.2 Å². The largest absolute Gasteiger partial charge is 0.351 e. The molecule has 0 fully saturated rings. The molecule has 6 nitrogen and oxygen atoms in total. The van der Waals surface area contributed by atoms with Gasteiger partial charge in [0, 0.05) is 37.3 Å². The van der Waals surface area contributed by atoms with Crippen molar-refractivity contribution in [1.29, 1.82) is 0 Å². The molecule has 2 rings (SSSR count). The summed E-state index contributed by atoms with van der Waals surface area (Å²) < 4.78 is 37.0. The molecule has 124 valence electrons. The summed E-state index contributed by atoms with van der Waals surface area (Å²) in [7, 11) is -1.84. The Morgan fingerprint density at radius 2 is 2.04 bits per heavy atom. The van der Waals surface area contributed by atoms with Gasteiger partial charge >= 0.3 is 0 Å². The molecular weight excluding hydrogens is 321 g/mol. The fourth-order valence-electron chi connectivity index (χ4n) is 2.11. The second kappa shape index (κ2) is 6.59. The van der Waals surface area contributed by atoms with E-state index < -0.39 is 15.8 Å². The first kappa shape index (κ1) is 17.3. The van der Waals surface area contributed by atoms with Gasteiger partial charge in [-0.2, -0.15) is 0 Å². The first-order valence-electron chi connectivity index (χ1n) is 6.95. The molecule has 0 bridgehead atoms. The van der Waals surface area contributed by atoms with Crippen LogP contribution >= 0.6 is 0 Å². The smallest absolute Gasteiger partial charge is 0.252 e. The number of carbonyl (C=O) groups is 1. The monoisotopic (exact) mass is 339 g/mol. The van der Waals surface area contributed by atoms with Gasteiger partial charge in [0.15, 0.2) is 0 Å². The van der Waals surface area contributed by atoms with Gasteiger partial charge in [-0.05, 0) is 25.1 Å². The number of aryl methyl sites for hydroxylation is 1. The van der Waals surface area contributed by atoms with Crippen molar-refractivity contribution in [3.05, 3.63) is 41.3 Å². The van der Waals surface area contributed by atoms with Crippen molar-refractivity contribution in [2.24, 2.45) is 0 Å². The highest BCUT2D eigenvalue weighted by Gasteiger charge is 2.14. The summed E-state index contributed by atoms with van der Waals surface area (Å²) in [4.78, 5) is 16.5. The third-order valence-electron chi connectivity index (χ3n) is 3.42. The summed E-state index contributed by atoms with van der Waals surface area (Å²) in [5.74, 6) is -0.772. The van der Waals surface area contributed by atoms with Crippen molar-refractivity contribution < 1.29 is 17.6 Å². The molecule has 23 heavy (non-hydrogen) atoms. The zero-order chi connectivity index (χ0) is 17.2. The van der Waals surface area contributed by atoms with Gasteiger partial charge in [-0.25, -0.2) is 17.1 Å². The van der Waals surface area contributed by atoms with Gasteiger partial charge < -0.3 is 5.32 Å². The third-order valence-corrected chi connectivity index (χ3v) is 4.74. The van der Waals surface area contributed by atoms with Crippen molar-refractivity contribution >= 4 is 26.8 Å². The number of aromatic nitrogens is 1. The van der Waals surface area contributed by atoms with Crippen LogP contribution in [0.15, 0.2) is 24.3 Å². The van der Waals surface area contributed by atoms with Crippen LogP contribution in [-0.4, -0.2) is 50.0 Å². The van der Waals surface area contributed by atoms with E-state index in [1.807, 2.05) is 0 Å². The summed E-state index contributed by atoms with van der Waals surface area (Å²) in [5.41, 5.74) is 1.39. The summed E-state index contributed by atoms with van der Waals surface area (Å²) in [6.07, 6.45) is 1.10. The average molecular weight is 339 g/mol. The van der Waals surface area contributed by atoms with E-state index in [1.165, 1.54) is 25.2 Å². The number of pyridine rings is 1. The lowest BCUT2D eigenvalue weighted by Crippen LogP contribution is -2.35. The zero-order valence-electron chi connectivity index (χ0n) is 13.1. The van der Waals surface area contributed by atoms with Crippen LogP contribution in [0.3, 0.4) is 0 Å². The van der Waals surface area contributed by atoms with Crippen LogP contribution in [-0.2, 0) is 10.0 Å². The van der Waals surface area contributed by atoms with Crippen molar-refractivity contribution in [3.63, 3.8) is 0 Å². The maximum absolute atomic E-state index is 13.3. The third kappa shape index (κ3) is 4.23. The molecule has 0 atom stereocenters. The van der Waals surface area contributed by atoms with Crippen LogP contribution in [0, 0.1) is 12.7 Å². The van der Waals surface area contributed by atoms with Gasteiger partial charge in [0.2, 0.25) is 10.0 Å². The molecule has 0 saturated carbocycles. The van der Waals surface area contributed by atoms with Crippen LogP contribution < -0.4 is 5.32 Å². The van der Waals surface area contributed by atoms with Crippen molar-refractivity contribution in [2.45, 2.75) is 6.92 Å².